The number of ether oxygens (including phenoxy) is 3. The predicted molar refractivity (Wildman–Crippen MR) is 85.1 cm³/mol. The molecule has 0 radical (unpaired) electrons. The first-order chi connectivity index (χ1) is 10.7. The average molecular weight is 305 g/mol. The molecule has 1 aromatic rings. The summed E-state index contributed by atoms with van der Waals surface area (Å²) in [5.74, 6) is 0.796. The van der Waals surface area contributed by atoms with E-state index in [1.165, 1.54) is 0 Å². The van der Waals surface area contributed by atoms with Gasteiger partial charge in [0.15, 0.2) is 11.5 Å². The summed E-state index contributed by atoms with van der Waals surface area (Å²) in [6.45, 7) is 4.84. The van der Waals surface area contributed by atoms with Gasteiger partial charge in [-0.2, -0.15) is 0 Å². The van der Waals surface area contributed by atoms with Gasteiger partial charge in [-0.3, -0.25) is 9.79 Å². The standard InChI is InChI=1S/C17H23NO4/c1-5-12(17(19)22-6-2)16-13-10-15(21-4)14(20-3)9-11(13)7-8-18-16/h9-10,12H,5-8H2,1-4H3. The lowest BCUT2D eigenvalue weighted by atomic mass is 9.88. The van der Waals surface area contributed by atoms with Crippen molar-refractivity contribution in [1.29, 1.82) is 0 Å². The minimum absolute atomic E-state index is 0.216. The highest BCUT2D eigenvalue weighted by atomic mass is 16.5. The van der Waals surface area contributed by atoms with E-state index in [-0.39, 0.29) is 11.9 Å². The molecule has 1 aromatic carbocycles. The number of rotatable bonds is 6. The van der Waals surface area contributed by atoms with Crippen LogP contribution in [0.25, 0.3) is 0 Å². The van der Waals surface area contributed by atoms with Crippen molar-refractivity contribution in [3.8, 4) is 11.5 Å². The fourth-order valence-electron chi connectivity index (χ4n) is 2.76. The molecule has 0 amide bonds. The number of fused-ring (bicyclic) bond motifs is 1. The highest BCUT2D eigenvalue weighted by Gasteiger charge is 2.29. The van der Waals surface area contributed by atoms with Crippen molar-refractivity contribution in [2.45, 2.75) is 26.7 Å². The summed E-state index contributed by atoms with van der Waals surface area (Å²) in [4.78, 5) is 16.8. The quantitative estimate of drug-likeness (QED) is 0.758. The van der Waals surface area contributed by atoms with Gasteiger partial charge in [0.25, 0.3) is 0 Å². The number of aliphatic imine (C=N–C) groups is 1. The van der Waals surface area contributed by atoms with Crippen LogP contribution >= 0.6 is 0 Å². The van der Waals surface area contributed by atoms with Crippen molar-refractivity contribution in [3.05, 3.63) is 23.3 Å². The van der Waals surface area contributed by atoms with Crippen molar-refractivity contribution in [1.82, 2.24) is 0 Å². The van der Waals surface area contributed by atoms with Gasteiger partial charge in [0.05, 0.1) is 32.5 Å². The second-order valence-corrected chi connectivity index (χ2v) is 5.09. The van der Waals surface area contributed by atoms with Crippen LogP contribution in [0.15, 0.2) is 17.1 Å². The molecule has 0 spiro atoms. The molecule has 1 heterocycles. The number of carbonyl (C=O) groups is 1. The lowest BCUT2D eigenvalue weighted by molar-refractivity contribution is -0.145. The van der Waals surface area contributed by atoms with Crippen molar-refractivity contribution in [2.24, 2.45) is 10.9 Å². The molecule has 0 fully saturated rings. The molecule has 1 unspecified atom stereocenters. The predicted octanol–water partition coefficient (Wildman–Crippen LogP) is 2.64. The average Bonchev–Trinajstić information content (AvgIpc) is 2.54. The third-order valence-electron chi connectivity index (χ3n) is 3.86. The zero-order valence-electron chi connectivity index (χ0n) is 13.6. The van der Waals surface area contributed by atoms with E-state index < -0.39 is 0 Å². The second-order valence-electron chi connectivity index (χ2n) is 5.09. The number of nitrogens with zero attached hydrogens (tertiary/aromatic N) is 1. The van der Waals surface area contributed by atoms with Crippen LogP contribution < -0.4 is 9.47 Å². The molecule has 0 aliphatic carbocycles. The van der Waals surface area contributed by atoms with Crippen LogP contribution in [0.4, 0.5) is 0 Å². The molecular formula is C17H23NO4. The van der Waals surface area contributed by atoms with Gasteiger partial charge in [0.1, 0.15) is 0 Å². The van der Waals surface area contributed by atoms with E-state index >= 15 is 0 Å². The normalized spacial score (nSPS) is 14.6. The summed E-state index contributed by atoms with van der Waals surface area (Å²) in [6, 6.07) is 3.88. The number of hydrogen-bond acceptors (Lipinski definition) is 5. The zero-order valence-corrected chi connectivity index (χ0v) is 13.6. The van der Waals surface area contributed by atoms with Crippen molar-refractivity contribution in [2.75, 3.05) is 27.4 Å². The molecule has 0 N–H and O–H groups in total. The minimum atomic E-state index is -0.336. The SMILES string of the molecule is CCOC(=O)C(CC)C1=NCCc2cc(OC)c(OC)cc21. The Morgan fingerprint density at radius 2 is 1.91 bits per heavy atom. The Hall–Kier alpha value is -2.04. The highest BCUT2D eigenvalue weighted by Crippen LogP contribution is 2.34. The zero-order chi connectivity index (χ0) is 16.1. The number of esters is 1. The number of carbonyl (C=O) groups excluding carboxylic acids is 1. The van der Waals surface area contributed by atoms with E-state index in [0.29, 0.717) is 31.1 Å². The number of benzene rings is 1. The van der Waals surface area contributed by atoms with E-state index in [0.717, 1.165) is 23.3 Å². The minimum Gasteiger partial charge on any atom is -0.493 e. The Bertz CT molecular complexity index is 580. The van der Waals surface area contributed by atoms with Gasteiger partial charge < -0.3 is 14.2 Å². The molecule has 0 aromatic heterocycles. The molecule has 1 aliphatic rings. The maximum Gasteiger partial charge on any atom is 0.315 e. The van der Waals surface area contributed by atoms with Gasteiger partial charge in [-0.05, 0) is 37.5 Å². The van der Waals surface area contributed by atoms with Gasteiger partial charge >= 0.3 is 5.97 Å². The van der Waals surface area contributed by atoms with Crippen molar-refractivity contribution >= 4 is 11.7 Å². The molecule has 5 nitrogen and oxygen atoms in total. The first-order valence-corrected chi connectivity index (χ1v) is 7.62. The van der Waals surface area contributed by atoms with E-state index in [2.05, 4.69) is 4.99 Å². The largest absolute Gasteiger partial charge is 0.493 e. The molecule has 0 saturated heterocycles. The van der Waals surface area contributed by atoms with Crippen LogP contribution in [-0.4, -0.2) is 39.1 Å². The van der Waals surface area contributed by atoms with Crippen LogP contribution in [0.5, 0.6) is 11.5 Å². The molecule has 22 heavy (non-hydrogen) atoms. The number of methoxy groups -OCH3 is 2. The van der Waals surface area contributed by atoms with E-state index in [9.17, 15) is 4.79 Å². The molecular weight excluding hydrogens is 282 g/mol. The fourth-order valence-corrected chi connectivity index (χ4v) is 2.76. The smallest absolute Gasteiger partial charge is 0.315 e. The maximum atomic E-state index is 12.2. The summed E-state index contributed by atoms with van der Waals surface area (Å²) in [7, 11) is 3.22. The van der Waals surface area contributed by atoms with Gasteiger partial charge in [-0.15, -0.1) is 0 Å². The van der Waals surface area contributed by atoms with Crippen LogP contribution in [0, 0.1) is 5.92 Å². The lowest BCUT2D eigenvalue weighted by Gasteiger charge is -2.24. The number of hydrogen-bond donors (Lipinski definition) is 0. The monoisotopic (exact) mass is 305 g/mol. The third-order valence-corrected chi connectivity index (χ3v) is 3.86. The van der Waals surface area contributed by atoms with Crippen LogP contribution in [-0.2, 0) is 16.0 Å². The van der Waals surface area contributed by atoms with E-state index in [1.54, 1.807) is 14.2 Å². The van der Waals surface area contributed by atoms with Gasteiger partial charge in [0, 0.05) is 12.1 Å². The Balaban J connectivity index is 2.44. The molecule has 0 saturated carbocycles. The topological polar surface area (TPSA) is 57.1 Å². The van der Waals surface area contributed by atoms with Crippen LogP contribution in [0.1, 0.15) is 31.4 Å². The Morgan fingerprint density at radius 3 is 2.50 bits per heavy atom. The summed E-state index contributed by atoms with van der Waals surface area (Å²) in [6.07, 6.45) is 1.49. The van der Waals surface area contributed by atoms with Crippen molar-refractivity contribution in [3.63, 3.8) is 0 Å². The summed E-state index contributed by atoms with van der Waals surface area (Å²) in [5.41, 5.74) is 2.89. The fraction of sp³-hybridized carbons (Fsp3) is 0.529. The van der Waals surface area contributed by atoms with Crippen molar-refractivity contribution < 1.29 is 19.0 Å². The third kappa shape index (κ3) is 3.08. The lowest BCUT2D eigenvalue weighted by Crippen LogP contribution is -2.29. The maximum absolute atomic E-state index is 12.2. The van der Waals surface area contributed by atoms with E-state index in [1.807, 2.05) is 26.0 Å². The summed E-state index contributed by atoms with van der Waals surface area (Å²) in [5, 5.41) is 0. The first kappa shape index (κ1) is 16.3. The summed E-state index contributed by atoms with van der Waals surface area (Å²) >= 11 is 0. The molecule has 120 valence electrons. The Labute approximate surface area is 131 Å². The van der Waals surface area contributed by atoms with Gasteiger partial charge in [-0.1, -0.05) is 6.92 Å². The Kier molecular flexibility index (Phi) is 5.41. The molecule has 2 rings (SSSR count). The van der Waals surface area contributed by atoms with Gasteiger partial charge in [0.2, 0.25) is 0 Å². The molecule has 0 bridgehead atoms. The highest BCUT2D eigenvalue weighted by molar-refractivity contribution is 6.13. The Morgan fingerprint density at radius 1 is 1.23 bits per heavy atom. The van der Waals surface area contributed by atoms with Crippen LogP contribution in [0.3, 0.4) is 0 Å². The molecule has 1 aliphatic heterocycles. The molecule has 1 atom stereocenters. The molecule has 5 heteroatoms. The van der Waals surface area contributed by atoms with E-state index in [4.69, 9.17) is 14.2 Å². The van der Waals surface area contributed by atoms with Crippen LogP contribution in [0.2, 0.25) is 0 Å². The van der Waals surface area contributed by atoms with Gasteiger partial charge in [-0.25, -0.2) is 0 Å². The second kappa shape index (κ2) is 7.29. The summed E-state index contributed by atoms with van der Waals surface area (Å²) < 4.78 is 15.9. The first-order valence-electron chi connectivity index (χ1n) is 7.62.